The molecule has 6 rings (SSSR count). The second-order valence-corrected chi connectivity index (χ2v) is 11.2. The van der Waals surface area contributed by atoms with Crippen molar-refractivity contribution in [1.29, 1.82) is 0 Å². The monoisotopic (exact) mass is 704 g/mol. The van der Waals surface area contributed by atoms with Crippen LogP contribution in [0.4, 0.5) is 0 Å². The number of rotatable bonds is 3. The van der Waals surface area contributed by atoms with E-state index in [1.165, 1.54) is 16.7 Å². The predicted octanol–water partition coefficient (Wildman–Crippen LogP) is 8.90. The number of nitrogens with zero attached hydrogens (tertiary/aromatic N) is 3. The van der Waals surface area contributed by atoms with Crippen LogP contribution in [0.25, 0.3) is 44.6 Å². The smallest absolute Gasteiger partial charge is 0.216 e. The quantitative estimate of drug-likeness (QED) is 0.173. The molecular weight excluding hydrogens is 671 g/mol. The third-order valence-electron chi connectivity index (χ3n) is 6.61. The molecule has 1 radical (unpaired) electrons. The van der Waals surface area contributed by atoms with Crippen molar-refractivity contribution in [3.63, 3.8) is 0 Å². The Morgan fingerprint density at radius 3 is 2.35 bits per heavy atom. The molecule has 2 aromatic carbocycles. The summed E-state index contributed by atoms with van der Waals surface area (Å²) in [5.41, 5.74) is 10.2. The number of hydrogen-bond acceptors (Lipinski definition) is 4. The summed E-state index contributed by atoms with van der Waals surface area (Å²) in [6.07, 6.45) is 4.78. The zero-order valence-corrected chi connectivity index (χ0v) is 26.2. The van der Waals surface area contributed by atoms with Gasteiger partial charge in [-0.05, 0) is 67.8 Å². The molecular formula is C35H33IrN3O-2. The van der Waals surface area contributed by atoms with E-state index in [0.717, 1.165) is 51.0 Å². The Morgan fingerprint density at radius 1 is 0.800 bits per heavy atom. The number of pyridine rings is 3. The maximum atomic E-state index is 6.08. The molecule has 0 amide bonds. The molecule has 0 fully saturated rings. The summed E-state index contributed by atoms with van der Waals surface area (Å²) in [5, 5.41) is 2.08. The first-order valence-electron chi connectivity index (χ1n) is 13.2. The van der Waals surface area contributed by atoms with Crippen molar-refractivity contribution >= 4 is 22.1 Å². The van der Waals surface area contributed by atoms with Crippen molar-refractivity contribution in [2.75, 3.05) is 0 Å². The van der Waals surface area contributed by atoms with Crippen LogP contribution in [0.5, 0.6) is 0 Å². The fourth-order valence-corrected chi connectivity index (χ4v) is 4.56. The average molecular weight is 704 g/mol. The van der Waals surface area contributed by atoms with Crippen molar-refractivity contribution in [3.8, 4) is 22.5 Å². The number of aromatic nitrogens is 3. The minimum atomic E-state index is 0. The molecule has 0 saturated heterocycles. The Hall–Kier alpha value is -3.66. The molecule has 5 heteroatoms. The van der Waals surface area contributed by atoms with Gasteiger partial charge < -0.3 is 14.4 Å². The molecule has 205 valence electrons. The topological polar surface area (TPSA) is 51.8 Å². The van der Waals surface area contributed by atoms with Crippen LogP contribution in [0.15, 0.2) is 83.5 Å². The van der Waals surface area contributed by atoms with Gasteiger partial charge in [-0.15, -0.1) is 54.1 Å². The van der Waals surface area contributed by atoms with E-state index in [1.54, 1.807) is 0 Å². The second-order valence-electron chi connectivity index (χ2n) is 11.2. The number of furan rings is 1. The fourth-order valence-electron chi connectivity index (χ4n) is 4.56. The summed E-state index contributed by atoms with van der Waals surface area (Å²) in [5.74, 6) is 0. The zero-order valence-electron chi connectivity index (χ0n) is 23.8. The Morgan fingerprint density at radius 2 is 1.62 bits per heavy atom. The normalized spacial score (nSPS) is 11.2. The Kier molecular flexibility index (Phi) is 8.98. The summed E-state index contributed by atoms with van der Waals surface area (Å²) in [6, 6.07) is 28.7. The fraction of sp³-hybridized carbons (Fsp3) is 0.229. The standard InChI is InChI=1S/C22H21N2O.C13H12N.Ir/c1-14-8-9-17-16-6-5-7-18(20(16)25-21(17)24-14)19-12-15(10-11-23-19)13-22(2,3)4;1-10-8-13(14-9-11(10)2)12-6-4-3-5-7-12;/h5-6,8-12H,13H2,1-4H3;3-6,8-9H,1-2H3;/q2*-1;. The van der Waals surface area contributed by atoms with Gasteiger partial charge in [0.05, 0.1) is 5.58 Å². The molecule has 0 N–H and O–H groups in total. The van der Waals surface area contributed by atoms with Crippen LogP contribution in [0.2, 0.25) is 0 Å². The molecule has 0 aliphatic heterocycles. The summed E-state index contributed by atoms with van der Waals surface area (Å²) in [6.45, 7) is 12.9. The van der Waals surface area contributed by atoms with E-state index in [1.807, 2.05) is 61.8 Å². The molecule has 4 nitrogen and oxygen atoms in total. The van der Waals surface area contributed by atoms with Crippen LogP contribution >= 0.6 is 0 Å². The third-order valence-corrected chi connectivity index (χ3v) is 6.61. The summed E-state index contributed by atoms with van der Waals surface area (Å²) < 4.78 is 6.08. The van der Waals surface area contributed by atoms with E-state index in [0.29, 0.717) is 5.71 Å². The van der Waals surface area contributed by atoms with Crippen molar-refractivity contribution in [2.24, 2.45) is 5.41 Å². The van der Waals surface area contributed by atoms with E-state index < -0.39 is 0 Å². The molecule has 0 atom stereocenters. The maximum Gasteiger partial charge on any atom is 0.216 e. The van der Waals surface area contributed by atoms with Crippen molar-refractivity contribution in [3.05, 3.63) is 114 Å². The molecule has 0 aliphatic rings. The minimum absolute atomic E-state index is 0. The number of aryl methyl sites for hydroxylation is 3. The van der Waals surface area contributed by atoms with Gasteiger partial charge in [0.15, 0.2) is 0 Å². The Labute approximate surface area is 250 Å². The molecule has 0 bridgehead atoms. The van der Waals surface area contributed by atoms with Crippen LogP contribution in [0.3, 0.4) is 0 Å². The van der Waals surface area contributed by atoms with Crippen LogP contribution < -0.4 is 0 Å². The molecule has 40 heavy (non-hydrogen) atoms. The van der Waals surface area contributed by atoms with Gasteiger partial charge in [-0.2, -0.15) is 0 Å². The van der Waals surface area contributed by atoms with Crippen molar-refractivity contribution in [2.45, 2.75) is 48.0 Å². The molecule has 6 aromatic rings. The van der Waals surface area contributed by atoms with Gasteiger partial charge in [-0.25, -0.2) is 4.98 Å². The first kappa shape index (κ1) is 29.3. The van der Waals surface area contributed by atoms with Gasteiger partial charge in [-0.1, -0.05) is 55.0 Å². The molecule has 4 aromatic heterocycles. The Bertz CT molecular complexity index is 1750. The molecule has 0 unspecified atom stereocenters. The number of fused-ring (bicyclic) bond motifs is 3. The zero-order chi connectivity index (χ0) is 27.6. The van der Waals surface area contributed by atoms with E-state index in [9.17, 15) is 0 Å². The summed E-state index contributed by atoms with van der Waals surface area (Å²) in [7, 11) is 0. The number of hydrogen-bond donors (Lipinski definition) is 0. The SMILES string of the molecule is Cc1ccc2c(n1)oc1c(-c3cc(CC(C)(C)C)ccn3)[c-]ccc12.Cc1cnc(-c2[c-]cccc2)cc1C.[Ir]. The molecule has 4 heterocycles. The average Bonchev–Trinajstić information content (AvgIpc) is 3.28. The van der Waals surface area contributed by atoms with Crippen molar-refractivity contribution in [1.82, 2.24) is 15.0 Å². The van der Waals surface area contributed by atoms with Crippen LogP contribution in [-0.2, 0) is 26.5 Å². The summed E-state index contributed by atoms with van der Waals surface area (Å²) >= 11 is 0. The largest absolute Gasteiger partial charge is 0.486 e. The first-order valence-corrected chi connectivity index (χ1v) is 13.2. The number of benzene rings is 2. The van der Waals surface area contributed by atoms with Gasteiger partial charge >= 0.3 is 0 Å². The molecule has 0 saturated carbocycles. The third kappa shape index (κ3) is 6.72. The first-order chi connectivity index (χ1) is 18.7. The van der Waals surface area contributed by atoms with E-state index in [4.69, 9.17) is 4.42 Å². The van der Waals surface area contributed by atoms with Gasteiger partial charge in [0.1, 0.15) is 0 Å². The van der Waals surface area contributed by atoms with E-state index in [-0.39, 0.29) is 25.5 Å². The second kappa shape index (κ2) is 12.2. The van der Waals surface area contributed by atoms with Crippen LogP contribution in [-0.4, -0.2) is 15.0 Å². The van der Waals surface area contributed by atoms with Gasteiger partial charge in [0, 0.05) is 43.6 Å². The van der Waals surface area contributed by atoms with Gasteiger partial charge in [0.25, 0.3) is 0 Å². The van der Waals surface area contributed by atoms with Crippen LogP contribution in [0.1, 0.15) is 43.2 Å². The van der Waals surface area contributed by atoms with Crippen molar-refractivity contribution < 1.29 is 24.5 Å². The molecule has 0 aliphatic carbocycles. The van der Waals surface area contributed by atoms with Gasteiger partial charge in [-0.3, -0.25) is 0 Å². The maximum absolute atomic E-state index is 6.08. The van der Waals surface area contributed by atoms with E-state index in [2.05, 4.69) is 86.0 Å². The van der Waals surface area contributed by atoms with E-state index >= 15 is 0 Å². The summed E-state index contributed by atoms with van der Waals surface area (Å²) in [4.78, 5) is 13.5. The molecule has 0 spiro atoms. The van der Waals surface area contributed by atoms with Gasteiger partial charge in [0.2, 0.25) is 5.71 Å². The van der Waals surface area contributed by atoms with Crippen LogP contribution in [0, 0.1) is 38.3 Å². The predicted molar refractivity (Wildman–Crippen MR) is 159 cm³/mol. The Balaban J connectivity index is 0.000000210. The minimum Gasteiger partial charge on any atom is -0.486 e.